The Morgan fingerprint density at radius 3 is 2.84 bits per heavy atom. The fourth-order valence-electron chi connectivity index (χ4n) is 2.38. The zero-order chi connectivity index (χ0) is 13.7. The molecule has 1 aromatic carbocycles. The maximum Gasteiger partial charge on any atom is 0.0767 e. The largest absolute Gasteiger partial charge is 0.377 e. The van der Waals surface area contributed by atoms with Crippen molar-refractivity contribution < 1.29 is 4.74 Å². The maximum atomic E-state index is 6.36. The molecule has 2 N–H and O–H groups in total. The van der Waals surface area contributed by atoms with Crippen molar-refractivity contribution in [2.45, 2.75) is 38.8 Å². The van der Waals surface area contributed by atoms with E-state index < -0.39 is 0 Å². The molecule has 0 fully saturated rings. The molecule has 0 aliphatic heterocycles. The molecule has 0 saturated carbocycles. The molecule has 0 bridgehead atoms. The second-order valence-corrected chi connectivity index (χ2v) is 4.76. The van der Waals surface area contributed by atoms with Crippen molar-refractivity contribution in [2.24, 2.45) is 5.73 Å². The van der Waals surface area contributed by atoms with Crippen molar-refractivity contribution >= 4 is 10.9 Å². The average Bonchev–Trinajstić information content (AvgIpc) is 2.46. The number of fused-ring (bicyclic) bond motifs is 1. The maximum absolute atomic E-state index is 6.36. The van der Waals surface area contributed by atoms with Crippen LogP contribution >= 0.6 is 0 Å². The van der Waals surface area contributed by atoms with Crippen LogP contribution in [0.4, 0.5) is 0 Å². The first kappa shape index (κ1) is 14.0. The SMILES string of the molecule is CCCC(OCC)C(N)c1ccc2ncccc2c1. The van der Waals surface area contributed by atoms with Crippen LogP contribution in [0.15, 0.2) is 36.5 Å². The van der Waals surface area contributed by atoms with Gasteiger partial charge in [0.25, 0.3) is 0 Å². The standard InChI is InChI=1S/C16H22N2O/c1-3-6-15(19-4-2)16(17)13-8-9-14-12(11-13)7-5-10-18-14/h5,7-11,15-16H,3-4,6,17H2,1-2H3. The number of benzene rings is 1. The van der Waals surface area contributed by atoms with Gasteiger partial charge in [-0.2, -0.15) is 0 Å². The van der Waals surface area contributed by atoms with Gasteiger partial charge in [0.15, 0.2) is 0 Å². The highest BCUT2D eigenvalue weighted by molar-refractivity contribution is 5.79. The Hall–Kier alpha value is -1.45. The first-order valence-corrected chi connectivity index (χ1v) is 6.98. The molecule has 3 heteroatoms. The summed E-state index contributed by atoms with van der Waals surface area (Å²) in [5.74, 6) is 0. The molecule has 3 nitrogen and oxygen atoms in total. The van der Waals surface area contributed by atoms with Gasteiger partial charge in [0, 0.05) is 18.2 Å². The Kier molecular flexibility index (Phi) is 4.88. The molecule has 0 spiro atoms. The molecule has 102 valence electrons. The Labute approximate surface area is 114 Å². The highest BCUT2D eigenvalue weighted by Crippen LogP contribution is 2.23. The molecule has 0 aliphatic rings. The predicted molar refractivity (Wildman–Crippen MR) is 79.0 cm³/mol. The molecule has 2 atom stereocenters. The summed E-state index contributed by atoms with van der Waals surface area (Å²) < 4.78 is 5.77. The number of pyridine rings is 1. The minimum absolute atomic E-state index is 0.0792. The summed E-state index contributed by atoms with van der Waals surface area (Å²) in [6, 6.07) is 10.1. The summed E-state index contributed by atoms with van der Waals surface area (Å²) in [5.41, 5.74) is 8.48. The zero-order valence-electron chi connectivity index (χ0n) is 11.7. The van der Waals surface area contributed by atoms with Crippen LogP contribution in [0, 0.1) is 0 Å². The third-order valence-corrected chi connectivity index (χ3v) is 3.37. The number of ether oxygens (including phenoxy) is 1. The van der Waals surface area contributed by atoms with Gasteiger partial charge in [-0.25, -0.2) is 0 Å². The van der Waals surface area contributed by atoms with Crippen LogP contribution in [-0.4, -0.2) is 17.7 Å². The molecule has 1 heterocycles. The lowest BCUT2D eigenvalue weighted by Gasteiger charge is -2.24. The number of rotatable bonds is 6. The Balaban J connectivity index is 2.26. The van der Waals surface area contributed by atoms with E-state index in [-0.39, 0.29) is 12.1 Å². The van der Waals surface area contributed by atoms with Crippen LogP contribution in [0.5, 0.6) is 0 Å². The number of hydrogen-bond donors (Lipinski definition) is 1. The van der Waals surface area contributed by atoms with E-state index in [0.717, 1.165) is 29.3 Å². The van der Waals surface area contributed by atoms with E-state index in [0.29, 0.717) is 6.61 Å². The van der Waals surface area contributed by atoms with E-state index >= 15 is 0 Å². The lowest BCUT2D eigenvalue weighted by molar-refractivity contribution is 0.0374. The summed E-state index contributed by atoms with van der Waals surface area (Å²) in [5, 5.41) is 1.13. The molecule has 2 aromatic rings. The Morgan fingerprint density at radius 1 is 1.26 bits per heavy atom. The van der Waals surface area contributed by atoms with Gasteiger partial charge in [-0.1, -0.05) is 25.5 Å². The highest BCUT2D eigenvalue weighted by Gasteiger charge is 2.19. The fraction of sp³-hybridized carbons (Fsp3) is 0.438. The lowest BCUT2D eigenvalue weighted by Crippen LogP contribution is -2.29. The van der Waals surface area contributed by atoms with Crippen molar-refractivity contribution in [3.05, 3.63) is 42.1 Å². The van der Waals surface area contributed by atoms with Crippen molar-refractivity contribution in [3.63, 3.8) is 0 Å². The van der Waals surface area contributed by atoms with E-state index in [4.69, 9.17) is 10.5 Å². The van der Waals surface area contributed by atoms with Gasteiger partial charge in [-0.15, -0.1) is 0 Å². The van der Waals surface area contributed by atoms with E-state index in [2.05, 4.69) is 30.1 Å². The average molecular weight is 258 g/mol. The van der Waals surface area contributed by atoms with Crippen LogP contribution in [0.25, 0.3) is 10.9 Å². The monoisotopic (exact) mass is 258 g/mol. The summed E-state index contributed by atoms with van der Waals surface area (Å²) in [7, 11) is 0. The second-order valence-electron chi connectivity index (χ2n) is 4.76. The molecule has 0 aliphatic carbocycles. The van der Waals surface area contributed by atoms with Gasteiger partial charge >= 0.3 is 0 Å². The highest BCUT2D eigenvalue weighted by atomic mass is 16.5. The van der Waals surface area contributed by atoms with E-state index in [1.165, 1.54) is 0 Å². The molecule has 0 amide bonds. The molecule has 1 aromatic heterocycles. The van der Waals surface area contributed by atoms with Crippen molar-refractivity contribution in [1.29, 1.82) is 0 Å². The van der Waals surface area contributed by atoms with Gasteiger partial charge in [0.2, 0.25) is 0 Å². The summed E-state index contributed by atoms with van der Waals surface area (Å²) in [6.07, 6.45) is 3.96. The normalized spacial score (nSPS) is 14.5. The quantitative estimate of drug-likeness (QED) is 0.863. The smallest absolute Gasteiger partial charge is 0.0767 e. The van der Waals surface area contributed by atoms with Crippen molar-refractivity contribution in [1.82, 2.24) is 4.98 Å². The number of hydrogen-bond acceptors (Lipinski definition) is 3. The molecular formula is C16H22N2O. The Bertz CT molecular complexity index is 521. The van der Waals surface area contributed by atoms with E-state index in [9.17, 15) is 0 Å². The van der Waals surface area contributed by atoms with Gasteiger partial charge in [-0.05, 0) is 37.1 Å². The molecule has 0 radical (unpaired) electrons. The molecule has 0 saturated heterocycles. The third-order valence-electron chi connectivity index (χ3n) is 3.37. The third kappa shape index (κ3) is 3.31. The minimum atomic E-state index is -0.0792. The second kappa shape index (κ2) is 6.64. The van der Waals surface area contributed by atoms with Crippen LogP contribution in [0.2, 0.25) is 0 Å². The van der Waals surface area contributed by atoms with Gasteiger partial charge in [0.1, 0.15) is 0 Å². The van der Waals surface area contributed by atoms with E-state index in [1.807, 2.05) is 25.3 Å². The predicted octanol–water partition coefficient (Wildman–Crippen LogP) is 3.44. The van der Waals surface area contributed by atoms with Crippen molar-refractivity contribution in [2.75, 3.05) is 6.61 Å². The lowest BCUT2D eigenvalue weighted by atomic mass is 9.97. The van der Waals surface area contributed by atoms with Crippen LogP contribution in [0.3, 0.4) is 0 Å². The molecular weight excluding hydrogens is 236 g/mol. The van der Waals surface area contributed by atoms with Crippen LogP contribution in [-0.2, 0) is 4.74 Å². The van der Waals surface area contributed by atoms with Crippen LogP contribution < -0.4 is 5.73 Å². The summed E-state index contributed by atoms with van der Waals surface area (Å²) in [4.78, 5) is 4.33. The zero-order valence-corrected chi connectivity index (χ0v) is 11.7. The van der Waals surface area contributed by atoms with Gasteiger partial charge in [0.05, 0.1) is 17.7 Å². The first-order chi connectivity index (χ1) is 9.26. The fourth-order valence-corrected chi connectivity index (χ4v) is 2.38. The number of nitrogens with two attached hydrogens (primary N) is 1. The molecule has 19 heavy (non-hydrogen) atoms. The van der Waals surface area contributed by atoms with Crippen molar-refractivity contribution in [3.8, 4) is 0 Å². The van der Waals surface area contributed by atoms with Gasteiger partial charge < -0.3 is 10.5 Å². The topological polar surface area (TPSA) is 48.1 Å². The molecule has 2 unspecified atom stereocenters. The number of aromatic nitrogens is 1. The summed E-state index contributed by atoms with van der Waals surface area (Å²) in [6.45, 7) is 4.87. The minimum Gasteiger partial charge on any atom is -0.377 e. The Morgan fingerprint density at radius 2 is 2.11 bits per heavy atom. The first-order valence-electron chi connectivity index (χ1n) is 6.98. The van der Waals surface area contributed by atoms with Crippen LogP contribution in [0.1, 0.15) is 38.3 Å². The molecule has 2 rings (SSSR count). The number of nitrogens with zero attached hydrogens (tertiary/aromatic N) is 1. The summed E-state index contributed by atoms with van der Waals surface area (Å²) >= 11 is 0. The van der Waals surface area contributed by atoms with Gasteiger partial charge in [-0.3, -0.25) is 4.98 Å². The van der Waals surface area contributed by atoms with E-state index in [1.54, 1.807) is 0 Å².